The molecule has 2 atom stereocenters. The van der Waals surface area contributed by atoms with Crippen molar-refractivity contribution >= 4 is 39.8 Å². The summed E-state index contributed by atoms with van der Waals surface area (Å²) in [7, 11) is 0. The van der Waals surface area contributed by atoms with Crippen molar-refractivity contribution in [3.05, 3.63) is 108 Å². The Balaban J connectivity index is 1.48. The summed E-state index contributed by atoms with van der Waals surface area (Å²) >= 11 is 0. The smallest absolute Gasteiger partial charge is 0.412 e. The Bertz CT molecular complexity index is 1480. The second-order valence-electron chi connectivity index (χ2n) is 9.57. The van der Waals surface area contributed by atoms with Crippen molar-refractivity contribution in [2.45, 2.75) is 32.8 Å². The lowest BCUT2D eigenvalue weighted by atomic mass is 9.89. The van der Waals surface area contributed by atoms with E-state index >= 15 is 0 Å². The van der Waals surface area contributed by atoms with Crippen LogP contribution in [0.15, 0.2) is 97.1 Å². The molecule has 0 bridgehead atoms. The largest absolute Gasteiger partial charge is 0.507 e. The number of carbonyl (C=O) groups is 2. The molecule has 0 spiro atoms. The average molecular weight is 524 g/mol. The summed E-state index contributed by atoms with van der Waals surface area (Å²) < 4.78 is 6.00. The second kappa shape index (κ2) is 12.6. The van der Waals surface area contributed by atoms with Crippen LogP contribution in [0.25, 0.3) is 10.8 Å². The number of nitrogen functional groups attached to an aromatic ring is 1. The molecule has 0 saturated carbocycles. The third-order valence-electron chi connectivity index (χ3n) is 6.57. The zero-order chi connectivity index (χ0) is 27.8. The Morgan fingerprint density at radius 1 is 0.923 bits per heavy atom. The molecule has 0 aliphatic carbocycles. The number of phenols is 1. The minimum atomic E-state index is -0.590. The van der Waals surface area contributed by atoms with Gasteiger partial charge in [0.2, 0.25) is 5.91 Å². The van der Waals surface area contributed by atoms with Crippen LogP contribution in [0.2, 0.25) is 0 Å². The first kappa shape index (κ1) is 27.3. The van der Waals surface area contributed by atoms with Gasteiger partial charge in [-0.05, 0) is 67.5 Å². The lowest BCUT2D eigenvalue weighted by molar-refractivity contribution is -0.111. The van der Waals surface area contributed by atoms with Crippen LogP contribution in [0.1, 0.15) is 37.0 Å². The molecule has 7 nitrogen and oxygen atoms in total. The summed E-state index contributed by atoms with van der Waals surface area (Å²) in [4.78, 5) is 25.3. The van der Waals surface area contributed by atoms with Gasteiger partial charge in [0.05, 0.1) is 11.4 Å². The molecule has 5 N–H and O–H groups in total. The number of benzene rings is 4. The van der Waals surface area contributed by atoms with E-state index in [0.717, 1.165) is 16.5 Å². The molecule has 0 heterocycles. The predicted octanol–water partition coefficient (Wildman–Crippen LogP) is 7.34. The number of hydrogen-bond donors (Lipinski definition) is 4. The van der Waals surface area contributed by atoms with Gasteiger partial charge in [0, 0.05) is 16.6 Å². The molecule has 0 aromatic heterocycles. The Hall–Kier alpha value is -4.78. The minimum Gasteiger partial charge on any atom is -0.507 e. The van der Waals surface area contributed by atoms with Crippen molar-refractivity contribution in [2.24, 2.45) is 5.92 Å². The maximum Gasteiger partial charge on any atom is 0.412 e. The van der Waals surface area contributed by atoms with E-state index in [1.54, 1.807) is 42.5 Å². The summed E-state index contributed by atoms with van der Waals surface area (Å²) in [5.74, 6) is -0.201. The normalized spacial score (nSPS) is 12.7. The van der Waals surface area contributed by atoms with E-state index in [-0.39, 0.29) is 17.6 Å². The van der Waals surface area contributed by atoms with Gasteiger partial charge in [0.15, 0.2) is 0 Å². The van der Waals surface area contributed by atoms with E-state index in [9.17, 15) is 14.7 Å². The van der Waals surface area contributed by atoms with Crippen molar-refractivity contribution in [3.63, 3.8) is 0 Å². The number of rotatable bonds is 9. The molecular formula is C32H33N3O4. The molecule has 0 fully saturated rings. The molecule has 0 aliphatic heterocycles. The number of ether oxygens (including phenoxy) is 1. The second-order valence-corrected chi connectivity index (χ2v) is 9.57. The standard InChI is InChI=1S/C32H33N3O4/c1-21-15-17-23(18-16-21)34-32(38)39-31(26-19-20-29(36)25-11-5-4-10-24(25)26)22(2)9-3-8-14-30(37)35-28-13-7-6-12-27(28)33/h4-8,10-20,22,31,36H,3,9,33H2,1-2H3,(H,34,38)(H,35,37)/b14-8+/t22-,31+/m0/s1. The van der Waals surface area contributed by atoms with Gasteiger partial charge in [-0.15, -0.1) is 0 Å². The first-order valence-corrected chi connectivity index (χ1v) is 12.9. The number of anilines is 3. The lowest BCUT2D eigenvalue weighted by Gasteiger charge is -2.26. The van der Waals surface area contributed by atoms with Crippen molar-refractivity contribution < 1.29 is 19.4 Å². The van der Waals surface area contributed by atoms with E-state index < -0.39 is 12.2 Å². The number of allylic oxidation sites excluding steroid dienone is 1. The Morgan fingerprint density at radius 3 is 2.36 bits per heavy atom. The Labute approximate surface area is 228 Å². The fourth-order valence-corrected chi connectivity index (χ4v) is 4.43. The van der Waals surface area contributed by atoms with E-state index in [4.69, 9.17) is 10.5 Å². The number of nitrogens with one attached hydrogen (secondary N) is 2. The predicted molar refractivity (Wildman–Crippen MR) is 157 cm³/mol. The summed E-state index contributed by atoms with van der Waals surface area (Å²) in [5, 5.41) is 17.5. The highest BCUT2D eigenvalue weighted by Crippen LogP contribution is 2.37. The van der Waals surface area contributed by atoms with Crippen molar-refractivity contribution in [1.82, 2.24) is 0 Å². The molecule has 0 unspecified atom stereocenters. The van der Waals surface area contributed by atoms with Crippen molar-refractivity contribution in [3.8, 4) is 5.75 Å². The molecule has 39 heavy (non-hydrogen) atoms. The first-order valence-electron chi connectivity index (χ1n) is 12.9. The molecule has 2 amide bonds. The number of amides is 2. The molecule has 0 aliphatic rings. The van der Waals surface area contributed by atoms with Gasteiger partial charge in [-0.25, -0.2) is 4.79 Å². The maximum atomic E-state index is 12.9. The Morgan fingerprint density at radius 2 is 1.62 bits per heavy atom. The van der Waals surface area contributed by atoms with Gasteiger partial charge >= 0.3 is 6.09 Å². The quantitative estimate of drug-likeness (QED) is 0.135. The van der Waals surface area contributed by atoms with Crippen LogP contribution in [-0.2, 0) is 9.53 Å². The summed E-state index contributed by atoms with van der Waals surface area (Å²) in [6, 6.07) is 25.5. The van der Waals surface area contributed by atoms with E-state index in [1.165, 1.54) is 6.08 Å². The van der Waals surface area contributed by atoms with Gasteiger partial charge in [0.25, 0.3) is 0 Å². The molecule has 0 radical (unpaired) electrons. The third kappa shape index (κ3) is 7.17. The minimum absolute atomic E-state index is 0.0980. The molecule has 7 heteroatoms. The molecule has 4 aromatic rings. The van der Waals surface area contributed by atoms with Gasteiger partial charge in [-0.3, -0.25) is 10.1 Å². The molecular weight excluding hydrogens is 490 g/mol. The highest BCUT2D eigenvalue weighted by atomic mass is 16.6. The van der Waals surface area contributed by atoms with Crippen LogP contribution in [0, 0.1) is 12.8 Å². The number of phenolic OH excluding ortho intramolecular Hbond substituents is 1. The van der Waals surface area contributed by atoms with Gasteiger partial charge < -0.3 is 20.9 Å². The molecule has 4 aromatic carbocycles. The highest BCUT2D eigenvalue weighted by molar-refractivity contribution is 6.01. The number of fused-ring (bicyclic) bond motifs is 1. The molecule has 200 valence electrons. The van der Waals surface area contributed by atoms with Crippen LogP contribution >= 0.6 is 0 Å². The van der Waals surface area contributed by atoms with Crippen LogP contribution in [-0.4, -0.2) is 17.1 Å². The molecule has 4 rings (SSSR count). The zero-order valence-corrected chi connectivity index (χ0v) is 22.1. The number of nitrogens with two attached hydrogens (primary N) is 1. The van der Waals surface area contributed by atoms with Crippen molar-refractivity contribution in [1.29, 1.82) is 0 Å². The Kier molecular flexibility index (Phi) is 8.84. The van der Waals surface area contributed by atoms with Gasteiger partial charge in [-0.2, -0.15) is 0 Å². The third-order valence-corrected chi connectivity index (χ3v) is 6.57. The summed E-state index contributed by atoms with van der Waals surface area (Å²) in [6.07, 6.45) is 3.36. The van der Waals surface area contributed by atoms with E-state index in [1.807, 2.05) is 62.4 Å². The van der Waals surface area contributed by atoms with Gasteiger partial charge in [-0.1, -0.05) is 73.2 Å². The SMILES string of the molecule is Cc1ccc(NC(=O)O[C@@H](c2ccc(O)c3ccccc23)[C@@H](C)CC/C=C/C(=O)Nc2ccccc2N)cc1. The number of aryl methyl sites for hydroxylation is 1. The van der Waals surface area contributed by atoms with Gasteiger partial charge in [0.1, 0.15) is 11.9 Å². The topological polar surface area (TPSA) is 114 Å². The van der Waals surface area contributed by atoms with E-state index in [0.29, 0.717) is 35.3 Å². The fraction of sp³-hybridized carbons (Fsp3) is 0.188. The molecule has 0 saturated heterocycles. The summed E-state index contributed by atoms with van der Waals surface area (Å²) in [6.45, 7) is 3.98. The summed E-state index contributed by atoms with van der Waals surface area (Å²) in [5.41, 5.74) is 9.48. The first-order chi connectivity index (χ1) is 18.8. The van der Waals surface area contributed by atoms with Crippen LogP contribution in [0.3, 0.4) is 0 Å². The number of aromatic hydroxyl groups is 1. The number of para-hydroxylation sites is 2. The van der Waals surface area contributed by atoms with Crippen LogP contribution in [0.4, 0.5) is 21.9 Å². The fourth-order valence-electron chi connectivity index (χ4n) is 4.43. The highest BCUT2D eigenvalue weighted by Gasteiger charge is 2.26. The van der Waals surface area contributed by atoms with E-state index in [2.05, 4.69) is 10.6 Å². The number of hydrogen-bond acceptors (Lipinski definition) is 5. The monoisotopic (exact) mass is 523 g/mol. The zero-order valence-electron chi connectivity index (χ0n) is 22.1. The van der Waals surface area contributed by atoms with Crippen LogP contribution < -0.4 is 16.4 Å². The van der Waals surface area contributed by atoms with Crippen molar-refractivity contribution in [2.75, 3.05) is 16.4 Å². The lowest BCUT2D eigenvalue weighted by Crippen LogP contribution is -2.22. The van der Waals surface area contributed by atoms with Crippen LogP contribution in [0.5, 0.6) is 5.75 Å². The number of carbonyl (C=O) groups excluding carboxylic acids is 2. The average Bonchev–Trinajstić information content (AvgIpc) is 2.93. The maximum absolute atomic E-state index is 12.9.